The molecule has 0 aliphatic rings. The number of carbonyl (C=O) groups is 1. The smallest absolute Gasteiger partial charge is 0.451 e. The number of hydrogen-bond donors (Lipinski definition) is 0. The minimum absolute atomic E-state index is 0.162. The zero-order valence-corrected chi connectivity index (χ0v) is 11.8. The summed E-state index contributed by atoms with van der Waals surface area (Å²) < 4.78 is 81.0. The van der Waals surface area contributed by atoms with Gasteiger partial charge in [-0.3, -0.25) is 0 Å². The van der Waals surface area contributed by atoms with Gasteiger partial charge in [0.25, 0.3) is 0 Å². The normalized spacial score (nSPS) is 12.3. The van der Waals surface area contributed by atoms with E-state index in [1.54, 1.807) is 0 Å². The Morgan fingerprint density at radius 1 is 1.12 bits per heavy atom. The van der Waals surface area contributed by atoms with E-state index in [9.17, 15) is 31.1 Å². The maximum atomic E-state index is 12.9. The van der Waals surface area contributed by atoms with Crippen molar-refractivity contribution in [3.05, 3.63) is 35.7 Å². The second-order valence-corrected chi connectivity index (χ2v) is 4.32. The summed E-state index contributed by atoms with van der Waals surface area (Å²) in [6.45, 7) is 1.24. The van der Waals surface area contributed by atoms with E-state index in [0.29, 0.717) is 23.3 Å². The number of halogens is 6. The van der Waals surface area contributed by atoms with Gasteiger partial charge in [0, 0.05) is 6.20 Å². The Kier molecular flexibility index (Phi) is 4.49. The molecule has 0 fully saturated rings. The molecule has 0 saturated heterocycles. The molecule has 0 aromatic carbocycles. The van der Waals surface area contributed by atoms with Crippen molar-refractivity contribution in [3.63, 3.8) is 0 Å². The first kappa shape index (κ1) is 17.7. The Hall–Kier alpha value is -2.66. The van der Waals surface area contributed by atoms with Gasteiger partial charge in [0.2, 0.25) is 5.82 Å². The van der Waals surface area contributed by atoms with Crippen LogP contribution in [0, 0.1) is 0 Å². The second-order valence-electron chi connectivity index (χ2n) is 4.32. The predicted molar refractivity (Wildman–Crippen MR) is 65.1 cm³/mol. The van der Waals surface area contributed by atoms with E-state index in [4.69, 9.17) is 0 Å². The molecule has 24 heavy (non-hydrogen) atoms. The Balaban J connectivity index is 2.46. The number of rotatable bonds is 3. The van der Waals surface area contributed by atoms with E-state index in [0.717, 1.165) is 0 Å². The lowest BCUT2D eigenvalue weighted by atomic mass is 10.2. The van der Waals surface area contributed by atoms with Crippen LogP contribution in [0.15, 0.2) is 18.6 Å². The lowest BCUT2D eigenvalue weighted by Gasteiger charge is -2.05. The summed E-state index contributed by atoms with van der Waals surface area (Å²) in [5.41, 5.74) is -2.69. The van der Waals surface area contributed by atoms with Crippen molar-refractivity contribution in [2.24, 2.45) is 0 Å². The second kappa shape index (κ2) is 6.09. The third kappa shape index (κ3) is 3.63. The summed E-state index contributed by atoms with van der Waals surface area (Å²) in [6, 6.07) is 0. The van der Waals surface area contributed by atoms with Gasteiger partial charge in [-0.2, -0.15) is 31.4 Å². The van der Waals surface area contributed by atoms with E-state index < -0.39 is 35.4 Å². The van der Waals surface area contributed by atoms with Crippen molar-refractivity contribution >= 4 is 5.97 Å². The molecule has 2 heterocycles. The van der Waals surface area contributed by atoms with Crippen LogP contribution in [-0.2, 0) is 17.1 Å². The molecule has 0 spiro atoms. The first-order chi connectivity index (χ1) is 11.0. The number of carbonyl (C=O) groups excluding carboxylic acids is 1. The molecule has 0 radical (unpaired) electrons. The average Bonchev–Trinajstić information content (AvgIpc) is 2.92. The van der Waals surface area contributed by atoms with Crippen molar-refractivity contribution in [3.8, 4) is 5.69 Å². The number of ether oxygens (including phenoxy) is 1. The Bertz CT molecular complexity index is 735. The van der Waals surface area contributed by atoms with E-state index in [2.05, 4.69) is 19.8 Å². The van der Waals surface area contributed by atoms with Crippen LogP contribution in [-0.4, -0.2) is 32.3 Å². The standard InChI is InChI=1S/C12H8F6N4O2/c1-2-24-9(23)7-5-22(21-8(7)11(13,14)15)6-3-19-10(20-4-6)12(16,17)18/h3-5H,2H2,1H3. The topological polar surface area (TPSA) is 69.9 Å². The largest absolute Gasteiger partial charge is 0.462 e. The van der Waals surface area contributed by atoms with E-state index in [1.807, 2.05) is 0 Å². The molecule has 12 heteroatoms. The van der Waals surface area contributed by atoms with Crippen LogP contribution in [0.3, 0.4) is 0 Å². The van der Waals surface area contributed by atoms with Crippen LogP contribution < -0.4 is 0 Å². The Labute approximate surface area is 130 Å². The molecule has 2 aromatic heterocycles. The average molecular weight is 354 g/mol. The van der Waals surface area contributed by atoms with Gasteiger partial charge in [-0.15, -0.1) is 0 Å². The first-order valence-corrected chi connectivity index (χ1v) is 6.27. The molecule has 2 aromatic rings. The molecule has 0 aliphatic heterocycles. The fourth-order valence-electron chi connectivity index (χ4n) is 1.66. The van der Waals surface area contributed by atoms with Crippen molar-refractivity contribution in [1.29, 1.82) is 0 Å². The number of alkyl halides is 6. The highest BCUT2D eigenvalue weighted by molar-refractivity contribution is 5.90. The Morgan fingerprint density at radius 3 is 2.17 bits per heavy atom. The summed E-state index contributed by atoms with van der Waals surface area (Å²) in [4.78, 5) is 17.6. The highest BCUT2D eigenvalue weighted by Crippen LogP contribution is 2.32. The summed E-state index contributed by atoms with van der Waals surface area (Å²) >= 11 is 0. The highest BCUT2D eigenvalue weighted by Gasteiger charge is 2.40. The lowest BCUT2D eigenvalue weighted by molar-refractivity contribution is -0.145. The quantitative estimate of drug-likeness (QED) is 0.626. The van der Waals surface area contributed by atoms with Crippen molar-refractivity contribution in [2.45, 2.75) is 19.3 Å². The van der Waals surface area contributed by atoms with Gasteiger partial charge >= 0.3 is 18.3 Å². The molecule has 0 atom stereocenters. The summed E-state index contributed by atoms with van der Waals surface area (Å²) in [5.74, 6) is -2.72. The van der Waals surface area contributed by atoms with Crippen LogP contribution in [0.25, 0.3) is 5.69 Å². The molecular weight excluding hydrogens is 346 g/mol. The van der Waals surface area contributed by atoms with Crippen molar-refractivity contribution in [1.82, 2.24) is 19.7 Å². The van der Waals surface area contributed by atoms with Gasteiger partial charge in [0.1, 0.15) is 11.3 Å². The number of esters is 1. The van der Waals surface area contributed by atoms with E-state index in [1.165, 1.54) is 6.92 Å². The molecule has 0 unspecified atom stereocenters. The van der Waals surface area contributed by atoms with Crippen LogP contribution in [0.4, 0.5) is 26.3 Å². The SMILES string of the molecule is CCOC(=O)c1cn(-c2cnc(C(F)(F)F)nc2)nc1C(F)(F)F. The van der Waals surface area contributed by atoms with Gasteiger partial charge < -0.3 is 4.74 Å². The zero-order chi connectivity index (χ0) is 18.1. The monoisotopic (exact) mass is 354 g/mol. The molecule has 0 saturated carbocycles. The van der Waals surface area contributed by atoms with Crippen molar-refractivity contribution < 1.29 is 35.9 Å². The number of nitrogens with zero attached hydrogens (tertiary/aromatic N) is 4. The molecule has 0 amide bonds. The molecule has 0 bridgehead atoms. The fourth-order valence-corrected chi connectivity index (χ4v) is 1.66. The highest BCUT2D eigenvalue weighted by atomic mass is 19.4. The van der Waals surface area contributed by atoms with Gasteiger partial charge in [-0.25, -0.2) is 19.4 Å². The van der Waals surface area contributed by atoms with Crippen LogP contribution in [0.5, 0.6) is 0 Å². The van der Waals surface area contributed by atoms with Gasteiger partial charge in [0.15, 0.2) is 5.69 Å². The Morgan fingerprint density at radius 2 is 1.71 bits per heavy atom. The van der Waals surface area contributed by atoms with E-state index >= 15 is 0 Å². The summed E-state index contributed by atoms with van der Waals surface area (Å²) in [7, 11) is 0. The van der Waals surface area contributed by atoms with Gasteiger partial charge in [-0.1, -0.05) is 0 Å². The minimum Gasteiger partial charge on any atom is -0.462 e. The molecule has 130 valence electrons. The van der Waals surface area contributed by atoms with Crippen molar-refractivity contribution in [2.75, 3.05) is 6.61 Å². The maximum absolute atomic E-state index is 12.9. The predicted octanol–water partition coefficient (Wildman–Crippen LogP) is 2.88. The fraction of sp³-hybridized carbons (Fsp3) is 0.333. The minimum atomic E-state index is -4.96. The van der Waals surface area contributed by atoms with Gasteiger partial charge in [0.05, 0.1) is 19.0 Å². The molecule has 0 N–H and O–H groups in total. The van der Waals surface area contributed by atoms with Crippen LogP contribution in [0.2, 0.25) is 0 Å². The van der Waals surface area contributed by atoms with Crippen LogP contribution in [0.1, 0.15) is 28.8 Å². The zero-order valence-electron chi connectivity index (χ0n) is 11.8. The number of hydrogen-bond acceptors (Lipinski definition) is 5. The summed E-state index contributed by atoms with van der Waals surface area (Å²) in [5, 5.41) is 3.18. The lowest BCUT2D eigenvalue weighted by Crippen LogP contribution is -2.14. The van der Waals surface area contributed by atoms with E-state index in [-0.39, 0.29) is 12.3 Å². The third-order valence-electron chi connectivity index (χ3n) is 2.63. The maximum Gasteiger partial charge on any atom is 0.451 e. The molecule has 6 nitrogen and oxygen atoms in total. The first-order valence-electron chi connectivity index (χ1n) is 6.27. The summed E-state index contributed by atoms with van der Waals surface area (Å²) in [6.07, 6.45) is -7.79. The number of aromatic nitrogens is 4. The molecule has 2 rings (SSSR count). The van der Waals surface area contributed by atoms with Crippen LogP contribution >= 0.6 is 0 Å². The van der Waals surface area contributed by atoms with Gasteiger partial charge in [-0.05, 0) is 6.92 Å². The molecule has 0 aliphatic carbocycles. The molecular formula is C12H8F6N4O2. The third-order valence-corrected chi connectivity index (χ3v) is 2.63.